The average molecular weight is 974 g/mol. The number of anilines is 2. The maximum atomic E-state index is 12.8. The number of carbonyl (C=O) groups is 1. The summed E-state index contributed by atoms with van der Waals surface area (Å²) in [5, 5.41) is 16.5. The van der Waals surface area contributed by atoms with Crippen LogP contribution in [0, 0.1) is 6.92 Å². The lowest BCUT2D eigenvalue weighted by Crippen LogP contribution is -2.47. The fourth-order valence-electron chi connectivity index (χ4n) is 10.4. The van der Waals surface area contributed by atoms with Gasteiger partial charge in [0, 0.05) is 62.7 Å². The maximum Gasteiger partial charge on any atom is 0.410 e. The third-order valence-electron chi connectivity index (χ3n) is 13.4. The van der Waals surface area contributed by atoms with Gasteiger partial charge >= 0.3 is 6.09 Å². The van der Waals surface area contributed by atoms with Gasteiger partial charge in [-0.25, -0.2) is 14.6 Å². The smallest absolute Gasteiger partial charge is 0.410 e. The van der Waals surface area contributed by atoms with Crippen LogP contribution < -0.4 is 9.80 Å². The lowest BCUT2D eigenvalue weighted by molar-refractivity contribution is -0.537. The maximum absolute atomic E-state index is 12.8. The molecule has 0 aromatic heterocycles. The zero-order chi connectivity index (χ0) is 48.1. The van der Waals surface area contributed by atoms with Gasteiger partial charge in [-0.15, -0.1) is 4.33 Å². The number of carbonyl (C=O) groups excluding carboxylic acids is 1. The number of fused-ring (bicyclic) bond motifs is 6. The average Bonchev–Trinajstić information content (AvgIpc) is 3.85. The van der Waals surface area contributed by atoms with E-state index in [2.05, 4.69) is 97.1 Å². The van der Waals surface area contributed by atoms with E-state index in [-0.39, 0.29) is 25.8 Å². The summed E-state index contributed by atoms with van der Waals surface area (Å²) in [6.45, 7) is 14.7. The fraction of sp³-hybridized carbons (Fsp3) is 0.388. The van der Waals surface area contributed by atoms with Crippen molar-refractivity contribution < 1.29 is 54.7 Å². The second kappa shape index (κ2) is 18.8. The van der Waals surface area contributed by atoms with Crippen molar-refractivity contribution in [1.29, 1.82) is 0 Å². The van der Waals surface area contributed by atoms with Crippen LogP contribution in [-0.2, 0) is 45.2 Å². The highest BCUT2D eigenvalue weighted by molar-refractivity contribution is 7.94. The van der Waals surface area contributed by atoms with Crippen molar-refractivity contribution in [1.82, 2.24) is 4.90 Å². The molecule has 0 spiro atoms. The Morgan fingerprint density at radius 3 is 1.75 bits per heavy atom. The summed E-state index contributed by atoms with van der Waals surface area (Å²) >= 11 is 0.860. The first-order chi connectivity index (χ1) is 31.7. The number of piperazine rings is 1. The molecule has 0 atom stereocenters. The summed E-state index contributed by atoms with van der Waals surface area (Å²) in [5.41, 5.74) is 8.62. The molecular weight excluding hydrogens is 917 g/mol. The Labute approximate surface area is 396 Å². The molecule has 3 heterocycles. The number of ether oxygens (including phenoxy) is 1. The van der Waals surface area contributed by atoms with E-state index in [9.17, 15) is 30.7 Å². The molecule has 0 bridgehead atoms. The van der Waals surface area contributed by atoms with Crippen LogP contribution in [0.3, 0.4) is 0 Å². The predicted molar refractivity (Wildman–Crippen MR) is 262 cm³/mol. The number of aryl methyl sites for hydroxylation is 1. The topological polar surface area (TPSA) is 186 Å². The predicted octanol–water partition coefficient (Wildman–Crippen LogP) is 8.74. The van der Waals surface area contributed by atoms with Crippen LogP contribution >= 0.6 is 12.0 Å². The van der Waals surface area contributed by atoms with Crippen LogP contribution in [0.15, 0.2) is 112 Å². The van der Waals surface area contributed by atoms with E-state index in [1.54, 1.807) is 11.8 Å². The van der Waals surface area contributed by atoms with Crippen molar-refractivity contribution in [2.45, 2.75) is 70.1 Å². The van der Waals surface area contributed by atoms with Crippen molar-refractivity contribution >= 4 is 77.0 Å². The molecule has 356 valence electrons. The molecule has 3 N–H and O–H groups in total. The van der Waals surface area contributed by atoms with Crippen LogP contribution in [0.1, 0.15) is 64.2 Å². The van der Waals surface area contributed by atoms with E-state index >= 15 is 0 Å². The Morgan fingerprint density at radius 1 is 0.746 bits per heavy atom. The Morgan fingerprint density at radius 2 is 1.25 bits per heavy atom. The highest BCUT2D eigenvalue weighted by Gasteiger charge is 2.44. The molecule has 18 heteroatoms. The van der Waals surface area contributed by atoms with Crippen molar-refractivity contribution in [2.75, 3.05) is 67.2 Å². The molecule has 67 heavy (non-hydrogen) atoms. The van der Waals surface area contributed by atoms with Crippen LogP contribution in [0.4, 0.5) is 16.2 Å². The van der Waals surface area contributed by atoms with Gasteiger partial charge in [-0.3, -0.25) is 14.0 Å². The van der Waals surface area contributed by atoms with Crippen LogP contribution in [0.2, 0.25) is 0 Å². The monoisotopic (exact) mass is 973 g/mol. The third-order valence-corrected chi connectivity index (χ3v) is 15.4. The molecule has 0 unspecified atom stereocenters. The van der Waals surface area contributed by atoms with Gasteiger partial charge in [0.1, 0.15) is 0 Å². The van der Waals surface area contributed by atoms with Crippen molar-refractivity contribution in [3.63, 3.8) is 0 Å². The molecule has 3 aliphatic heterocycles. The number of allylic oxidation sites excluding steroid dienone is 8. The second-order valence-corrected chi connectivity index (χ2v) is 22.3. The highest BCUT2D eigenvalue weighted by atomic mass is 32.2. The van der Waals surface area contributed by atoms with Gasteiger partial charge in [0.05, 0.1) is 43.2 Å². The summed E-state index contributed by atoms with van der Waals surface area (Å²) in [4.78, 5) is 19.2. The Bertz CT molecular complexity index is 3040. The van der Waals surface area contributed by atoms with Gasteiger partial charge in [-0.1, -0.05) is 86.8 Å². The molecule has 1 aliphatic carbocycles. The van der Waals surface area contributed by atoms with Gasteiger partial charge in [-0.05, 0) is 95.8 Å². The number of hydrogen-bond acceptors (Lipinski definition) is 12. The number of amides is 1. The minimum absolute atomic E-state index is 0.0116. The number of nitrogens with zero attached hydrogens (tertiary/aromatic N) is 4. The first-order valence-electron chi connectivity index (χ1n) is 22.3. The number of hydrogen-bond donors (Lipinski definition) is 3. The molecule has 1 saturated carbocycles. The lowest BCUT2D eigenvalue weighted by atomic mass is 9.81. The van der Waals surface area contributed by atoms with Crippen LogP contribution in [-0.4, -0.2) is 110 Å². The molecule has 4 aromatic rings. The third kappa shape index (κ3) is 9.81. The Balaban J connectivity index is 1.24. The van der Waals surface area contributed by atoms with Gasteiger partial charge < -0.3 is 14.5 Å². The van der Waals surface area contributed by atoms with Gasteiger partial charge in [0.25, 0.3) is 20.2 Å². The summed E-state index contributed by atoms with van der Waals surface area (Å²) < 4.78 is 81.0. The molecule has 2 fully saturated rings. The van der Waals surface area contributed by atoms with E-state index in [1.807, 2.05) is 46.2 Å². The largest absolute Gasteiger partial charge is 0.450 e. The minimum atomic E-state index is -4.31. The summed E-state index contributed by atoms with van der Waals surface area (Å²) in [5.74, 6) is -0.929. The van der Waals surface area contributed by atoms with Gasteiger partial charge in [-0.2, -0.15) is 16.8 Å². The summed E-state index contributed by atoms with van der Waals surface area (Å²) in [6, 6.07) is 20.1. The van der Waals surface area contributed by atoms with Crippen molar-refractivity contribution in [2.24, 2.45) is 0 Å². The van der Waals surface area contributed by atoms with Crippen LogP contribution in [0.5, 0.6) is 0 Å². The van der Waals surface area contributed by atoms with E-state index in [4.69, 9.17) is 9.99 Å². The standard InChI is InChI=1S/C49H56N4O11S3/c1-7-62-47(54)51-24-22-50(23-25-51)46-33(13-20-42-48(3,4)44-38-16-8-32(2)30-35(38)11-18-40(44)52(42)26-28-66(56,57)58)9-10-34(46)14-21-43-49(5,6)45-39-17-15-37(65-64-63-55)31-36(39)12-19-41(45)53(43)27-29-67(59,60)61/h8,11-21,30-31H,7,9-10,22-29H2,1-6H3,(H2-,55,56,57,58,59,60,61)/p+1. The van der Waals surface area contributed by atoms with Gasteiger partial charge in [0.2, 0.25) is 5.71 Å². The summed E-state index contributed by atoms with van der Waals surface area (Å²) in [6.07, 6.45) is 9.40. The molecule has 8 rings (SSSR count). The van der Waals surface area contributed by atoms with Crippen molar-refractivity contribution in [3.8, 4) is 0 Å². The minimum Gasteiger partial charge on any atom is -0.450 e. The fourth-order valence-corrected chi connectivity index (χ4v) is 11.7. The molecule has 4 aromatic carbocycles. The summed E-state index contributed by atoms with van der Waals surface area (Å²) in [7, 11) is -8.59. The van der Waals surface area contributed by atoms with E-state index in [1.165, 1.54) is 0 Å². The quantitative estimate of drug-likeness (QED) is 0.0402. The second-order valence-electron chi connectivity index (χ2n) is 18.4. The van der Waals surface area contributed by atoms with Crippen LogP contribution in [0.25, 0.3) is 21.5 Å². The van der Waals surface area contributed by atoms with Gasteiger partial charge in [0.15, 0.2) is 13.1 Å². The number of rotatable bonds is 12. The zero-order valence-corrected chi connectivity index (χ0v) is 40.9. The molecule has 4 aliphatic rings. The highest BCUT2D eigenvalue weighted by Crippen LogP contribution is 2.52. The SMILES string of the molecule is CCOC(=O)N1CC[N+](=C2C(=C/C=C3/N(CCS(=O)(=O)O)c4ccc5cc(C)ccc5c4C3(C)C)CCC2=C/C=C2/N(CCS(=O)(=O)O)c3ccc4cc(SOOO)ccc4c3C2(C)C)CC1. The first kappa shape index (κ1) is 48.4. The van der Waals surface area contributed by atoms with E-state index < -0.39 is 42.6 Å². The molecule has 1 amide bonds. The molecule has 1 saturated heterocycles. The molecule has 15 nitrogen and oxygen atoms in total. The van der Waals surface area contributed by atoms with E-state index in [0.29, 0.717) is 43.9 Å². The van der Waals surface area contributed by atoms with Crippen molar-refractivity contribution in [3.05, 3.63) is 124 Å². The molecular formula is C49H57N4O11S3+. The number of benzene rings is 4. The Hall–Kier alpha value is -5.05. The molecule has 0 radical (unpaired) electrons. The lowest BCUT2D eigenvalue weighted by Gasteiger charge is -2.27. The van der Waals surface area contributed by atoms with E-state index in [0.717, 1.165) is 89.9 Å². The Kier molecular flexibility index (Phi) is 13.6. The zero-order valence-electron chi connectivity index (χ0n) is 38.5. The first-order valence-corrected chi connectivity index (χ1v) is 26.3. The normalized spacial score (nSPS) is 20.6.